The van der Waals surface area contributed by atoms with Gasteiger partial charge >= 0.3 is 0 Å². The average Bonchev–Trinajstić information content (AvgIpc) is 2.77. The molecule has 1 aliphatic rings. The molecule has 0 spiro atoms. The zero-order valence-corrected chi connectivity index (χ0v) is 11.4. The molecular formula is C14H13ClN4O. The Morgan fingerprint density at radius 2 is 2.00 bits per heavy atom. The molecule has 1 aromatic carbocycles. The number of para-hydroxylation sites is 1. The first-order chi connectivity index (χ1) is 9.74. The van der Waals surface area contributed by atoms with Crippen LogP contribution < -0.4 is 10.6 Å². The summed E-state index contributed by atoms with van der Waals surface area (Å²) >= 11 is 5.72. The smallest absolute Gasteiger partial charge is 0.232 e. The first-order valence-corrected chi connectivity index (χ1v) is 6.73. The summed E-state index contributed by atoms with van der Waals surface area (Å²) in [7, 11) is 0. The standard InChI is InChI=1S/C14H13ClN4O/c15-9-7-17-14(18-8-9)16-6-5-11-10-3-1-2-4-12(10)19-13(11)20/h1-4,7-8,11H,5-6H2,(H,19,20)(H,16,17,18). The summed E-state index contributed by atoms with van der Waals surface area (Å²) in [6, 6.07) is 7.77. The van der Waals surface area contributed by atoms with Crippen molar-refractivity contribution in [1.29, 1.82) is 0 Å². The molecule has 6 heteroatoms. The van der Waals surface area contributed by atoms with Crippen LogP contribution in [0.5, 0.6) is 0 Å². The Morgan fingerprint density at radius 1 is 1.25 bits per heavy atom. The lowest BCUT2D eigenvalue weighted by atomic mass is 9.97. The molecule has 1 aromatic heterocycles. The number of halogens is 1. The predicted octanol–water partition coefficient (Wildman–Crippen LogP) is 2.67. The number of fused-ring (bicyclic) bond motifs is 1. The summed E-state index contributed by atoms with van der Waals surface area (Å²) < 4.78 is 0. The molecule has 1 aliphatic heterocycles. The van der Waals surface area contributed by atoms with Gasteiger partial charge in [0.05, 0.1) is 23.3 Å². The summed E-state index contributed by atoms with van der Waals surface area (Å²) in [5.74, 6) is 0.442. The summed E-state index contributed by atoms with van der Waals surface area (Å²) in [5, 5.41) is 6.48. The van der Waals surface area contributed by atoms with Crippen LogP contribution in [0.15, 0.2) is 36.7 Å². The molecule has 0 saturated heterocycles. The van der Waals surface area contributed by atoms with Gasteiger partial charge in [0.25, 0.3) is 0 Å². The molecule has 3 rings (SSSR count). The largest absolute Gasteiger partial charge is 0.354 e. The molecule has 2 heterocycles. The van der Waals surface area contributed by atoms with Gasteiger partial charge in [-0.2, -0.15) is 0 Å². The number of carbonyl (C=O) groups excluding carboxylic acids is 1. The van der Waals surface area contributed by atoms with Gasteiger partial charge in [-0.1, -0.05) is 29.8 Å². The minimum atomic E-state index is -0.119. The van der Waals surface area contributed by atoms with Gasteiger partial charge < -0.3 is 10.6 Å². The topological polar surface area (TPSA) is 66.9 Å². The highest BCUT2D eigenvalue weighted by Crippen LogP contribution is 2.34. The third-order valence-electron chi connectivity index (χ3n) is 3.25. The van der Waals surface area contributed by atoms with Gasteiger partial charge in [0.1, 0.15) is 0 Å². The van der Waals surface area contributed by atoms with E-state index in [9.17, 15) is 4.79 Å². The van der Waals surface area contributed by atoms with Crippen LogP contribution in [-0.2, 0) is 4.79 Å². The zero-order chi connectivity index (χ0) is 13.9. The molecule has 102 valence electrons. The quantitative estimate of drug-likeness (QED) is 0.908. The second-order valence-corrected chi connectivity index (χ2v) is 5.01. The van der Waals surface area contributed by atoms with Crippen LogP contribution in [0.3, 0.4) is 0 Å². The first kappa shape index (κ1) is 12.9. The van der Waals surface area contributed by atoms with E-state index in [0.717, 1.165) is 11.3 Å². The Labute approximate surface area is 121 Å². The SMILES string of the molecule is O=C1Nc2ccccc2C1CCNc1ncc(Cl)cn1. The van der Waals surface area contributed by atoms with Gasteiger partial charge in [-0.25, -0.2) is 9.97 Å². The number of nitrogens with one attached hydrogen (secondary N) is 2. The number of hydrogen-bond donors (Lipinski definition) is 2. The zero-order valence-electron chi connectivity index (χ0n) is 10.6. The maximum atomic E-state index is 11.9. The summed E-state index contributed by atoms with van der Waals surface area (Å²) in [4.78, 5) is 20.0. The molecule has 2 N–H and O–H groups in total. The molecule has 1 atom stereocenters. The van der Waals surface area contributed by atoms with Crippen LogP contribution in [0, 0.1) is 0 Å². The fraction of sp³-hybridized carbons (Fsp3) is 0.214. The van der Waals surface area contributed by atoms with Crippen molar-refractivity contribution in [2.75, 3.05) is 17.2 Å². The summed E-state index contributed by atoms with van der Waals surface area (Å²) in [6.07, 6.45) is 3.76. The molecule has 0 radical (unpaired) electrons. The first-order valence-electron chi connectivity index (χ1n) is 6.35. The van der Waals surface area contributed by atoms with Gasteiger partial charge in [-0.3, -0.25) is 4.79 Å². The molecule has 2 aromatic rings. The van der Waals surface area contributed by atoms with Crippen LogP contribution in [0.2, 0.25) is 5.02 Å². The Hall–Kier alpha value is -2.14. The van der Waals surface area contributed by atoms with E-state index in [4.69, 9.17) is 11.6 Å². The number of benzene rings is 1. The molecule has 5 nitrogen and oxygen atoms in total. The molecule has 1 amide bonds. The highest BCUT2D eigenvalue weighted by atomic mass is 35.5. The Kier molecular flexibility index (Phi) is 3.52. The number of hydrogen-bond acceptors (Lipinski definition) is 4. The third-order valence-corrected chi connectivity index (χ3v) is 3.44. The van der Waals surface area contributed by atoms with Crippen molar-refractivity contribution >= 4 is 29.1 Å². The molecule has 0 bridgehead atoms. The van der Waals surface area contributed by atoms with Crippen LogP contribution in [0.1, 0.15) is 17.9 Å². The Morgan fingerprint density at radius 3 is 2.80 bits per heavy atom. The fourth-order valence-electron chi connectivity index (χ4n) is 2.29. The summed E-state index contributed by atoms with van der Waals surface area (Å²) in [6.45, 7) is 0.619. The molecule has 0 fully saturated rings. The number of carbonyl (C=O) groups is 1. The van der Waals surface area contributed by atoms with E-state index in [2.05, 4.69) is 20.6 Å². The average molecular weight is 289 g/mol. The number of rotatable bonds is 4. The lowest BCUT2D eigenvalue weighted by molar-refractivity contribution is -0.117. The number of amides is 1. The van der Waals surface area contributed by atoms with Gasteiger partial charge in [0, 0.05) is 12.2 Å². The van der Waals surface area contributed by atoms with E-state index >= 15 is 0 Å². The van der Waals surface area contributed by atoms with E-state index in [1.54, 1.807) is 0 Å². The third kappa shape index (κ3) is 2.58. The van der Waals surface area contributed by atoms with Crippen LogP contribution >= 0.6 is 11.6 Å². The van der Waals surface area contributed by atoms with Crippen molar-refractivity contribution in [2.24, 2.45) is 0 Å². The van der Waals surface area contributed by atoms with Crippen molar-refractivity contribution in [1.82, 2.24) is 9.97 Å². The van der Waals surface area contributed by atoms with Gasteiger partial charge in [-0.15, -0.1) is 0 Å². The number of aromatic nitrogens is 2. The molecule has 0 saturated carbocycles. The fourth-order valence-corrected chi connectivity index (χ4v) is 2.39. The van der Waals surface area contributed by atoms with E-state index in [1.165, 1.54) is 12.4 Å². The number of anilines is 2. The summed E-state index contributed by atoms with van der Waals surface area (Å²) in [5.41, 5.74) is 1.96. The van der Waals surface area contributed by atoms with E-state index in [-0.39, 0.29) is 11.8 Å². The van der Waals surface area contributed by atoms with E-state index in [1.807, 2.05) is 24.3 Å². The molecule has 20 heavy (non-hydrogen) atoms. The van der Waals surface area contributed by atoms with E-state index in [0.29, 0.717) is 23.9 Å². The van der Waals surface area contributed by atoms with Crippen molar-refractivity contribution < 1.29 is 4.79 Å². The van der Waals surface area contributed by atoms with E-state index < -0.39 is 0 Å². The lowest BCUT2D eigenvalue weighted by Crippen LogP contribution is -2.16. The van der Waals surface area contributed by atoms with Crippen molar-refractivity contribution in [3.8, 4) is 0 Å². The Balaban J connectivity index is 1.61. The highest BCUT2D eigenvalue weighted by Gasteiger charge is 2.29. The van der Waals surface area contributed by atoms with Gasteiger partial charge in [0.15, 0.2) is 0 Å². The lowest BCUT2D eigenvalue weighted by Gasteiger charge is -2.09. The monoisotopic (exact) mass is 288 g/mol. The van der Waals surface area contributed by atoms with Crippen LogP contribution in [0.25, 0.3) is 0 Å². The van der Waals surface area contributed by atoms with Crippen LogP contribution in [0.4, 0.5) is 11.6 Å². The van der Waals surface area contributed by atoms with Crippen molar-refractivity contribution in [3.05, 3.63) is 47.2 Å². The Bertz CT molecular complexity index is 629. The van der Waals surface area contributed by atoms with Crippen LogP contribution in [-0.4, -0.2) is 22.4 Å². The maximum Gasteiger partial charge on any atom is 0.232 e. The minimum Gasteiger partial charge on any atom is -0.354 e. The van der Waals surface area contributed by atoms with Gasteiger partial charge in [0.2, 0.25) is 11.9 Å². The van der Waals surface area contributed by atoms with Gasteiger partial charge in [-0.05, 0) is 18.1 Å². The second kappa shape index (κ2) is 5.46. The normalized spacial score (nSPS) is 16.6. The second-order valence-electron chi connectivity index (χ2n) is 4.57. The molecule has 0 aliphatic carbocycles. The highest BCUT2D eigenvalue weighted by molar-refractivity contribution is 6.30. The van der Waals surface area contributed by atoms with Crippen molar-refractivity contribution in [2.45, 2.75) is 12.3 Å². The predicted molar refractivity (Wildman–Crippen MR) is 78.0 cm³/mol. The number of nitrogens with zero attached hydrogens (tertiary/aromatic N) is 2. The molecular weight excluding hydrogens is 276 g/mol. The maximum absolute atomic E-state index is 11.9. The minimum absolute atomic E-state index is 0.0463. The van der Waals surface area contributed by atoms with Crippen molar-refractivity contribution in [3.63, 3.8) is 0 Å². The molecule has 1 unspecified atom stereocenters.